The molecule has 1 unspecified atom stereocenters. The Hall–Kier alpha value is -0.690. The normalized spacial score (nSPS) is 30.1. The van der Waals surface area contributed by atoms with Crippen molar-refractivity contribution < 1.29 is 21.8 Å². The smallest absolute Gasteiger partial charge is 0.306 e. The second-order valence-corrected chi connectivity index (χ2v) is 5.24. The summed E-state index contributed by atoms with van der Waals surface area (Å²) < 4.78 is 38.1. The van der Waals surface area contributed by atoms with Gasteiger partial charge >= 0.3 is 16.2 Å². The first-order valence-electron chi connectivity index (χ1n) is 4.24. The minimum absolute atomic E-state index is 0.181. The number of rotatable bonds is 2. The van der Waals surface area contributed by atoms with Crippen molar-refractivity contribution in [2.75, 3.05) is 18.8 Å². The Kier molecular flexibility index (Phi) is 2.04. The molecule has 0 aromatic heterocycles. The molecular formula is C7H10FNO4S. The molecule has 2 aliphatic heterocycles. The lowest BCUT2D eigenvalue weighted by molar-refractivity contribution is -0.141. The molecule has 0 bridgehead atoms. The third-order valence-corrected chi connectivity index (χ3v) is 3.46. The molecular weight excluding hydrogens is 213 g/mol. The molecule has 1 atom stereocenters. The standard InChI is InChI=1S/C7H10FNO4S/c8-14(11,12)2-5-7(3-9-4-7)1-6(10)13-5/h5,9H,1-4H2. The van der Waals surface area contributed by atoms with Crippen LogP contribution in [0, 0.1) is 5.41 Å². The lowest BCUT2D eigenvalue weighted by Gasteiger charge is -2.40. The van der Waals surface area contributed by atoms with E-state index in [-0.39, 0.29) is 6.42 Å². The fourth-order valence-electron chi connectivity index (χ4n) is 1.92. The van der Waals surface area contributed by atoms with Crippen LogP contribution in [0.25, 0.3) is 0 Å². The highest BCUT2D eigenvalue weighted by Crippen LogP contribution is 2.39. The zero-order valence-corrected chi connectivity index (χ0v) is 8.14. The van der Waals surface area contributed by atoms with Crippen molar-refractivity contribution in [1.82, 2.24) is 5.32 Å². The van der Waals surface area contributed by atoms with Gasteiger partial charge in [0.25, 0.3) is 0 Å². The van der Waals surface area contributed by atoms with Crippen molar-refractivity contribution in [3.63, 3.8) is 0 Å². The van der Waals surface area contributed by atoms with Crippen LogP contribution in [0.15, 0.2) is 0 Å². The van der Waals surface area contributed by atoms with Gasteiger partial charge in [-0.2, -0.15) is 8.42 Å². The van der Waals surface area contributed by atoms with E-state index in [0.29, 0.717) is 13.1 Å². The fraction of sp³-hybridized carbons (Fsp3) is 0.857. The molecule has 2 heterocycles. The minimum atomic E-state index is -4.58. The zero-order chi connectivity index (χ0) is 10.4. The van der Waals surface area contributed by atoms with E-state index in [4.69, 9.17) is 4.74 Å². The molecule has 0 aromatic rings. The molecule has 0 amide bonds. The number of halogens is 1. The summed E-state index contributed by atoms with van der Waals surface area (Å²) >= 11 is 0. The molecule has 2 rings (SSSR count). The van der Waals surface area contributed by atoms with Gasteiger partial charge in [0, 0.05) is 18.5 Å². The summed E-state index contributed by atoms with van der Waals surface area (Å²) in [4.78, 5) is 11.0. The van der Waals surface area contributed by atoms with Gasteiger partial charge in [-0.25, -0.2) is 0 Å². The van der Waals surface area contributed by atoms with Crippen LogP contribution in [-0.4, -0.2) is 39.3 Å². The van der Waals surface area contributed by atoms with Crippen molar-refractivity contribution in [1.29, 1.82) is 0 Å². The van der Waals surface area contributed by atoms with Gasteiger partial charge in [-0.05, 0) is 0 Å². The molecule has 7 heteroatoms. The number of carbonyl (C=O) groups is 1. The maximum Gasteiger partial charge on any atom is 0.306 e. The van der Waals surface area contributed by atoms with Crippen molar-refractivity contribution >= 4 is 16.2 Å². The number of esters is 1. The van der Waals surface area contributed by atoms with Crippen LogP contribution in [0.2, 0.25) is 0 Å². The summed E-state index contributed by atoms with van der Waals surface area (Å²) in [5.74, 6) is -1.17. The summed E-state index contributed by atoms with van der Waals surface area (Å²) in [6.07, 6.45) is -0.647. The molecule has 80 valence electrons. The maximum absolute atomic E-state index is 12.4. The van der Waals surface area contributed by atoms with Crippen molar-refractivity contribution in [3.05, 3.63) is 0 Å². The van der Waals surface area contributed by atoms with E-state index in [1.807, 2.05) is 0 Å². The second kappa shape index (κ2) is 2.90. The molecule has 0 aliphatic carbocycles. The number of hydrogen-bond donors (Lipinski definition) is 1. The van der Waals surface area contributed by atoms with Crippen LogP contribution in [0.1, 0.15) is 6.42 Å². The molecule has 1 N–H and O–H groups in total. The Bertz CT molecular complexity index is 362. The molecule has 0 aromatic carbocycles. The predicted octanol–water partition coefficient (Wildman–Crippen LogP) is -0.809. The van der Waals surface area contributed by atoms with Crippen molar-refractivity contribution in [3.8, 4) is 0 Å². The van der Waals surface area contributed by atoms with Crippen LogP contribution in [0.4, 0.5) is 3.89 Å². The average molecular weight is 223 g/mol. The summed E-state index contributed by atoms with van der Waals surface area (Å²) in [5.41, 5.74) is -0.490. The molecule has 2 aliphatic rings. The van der Waals surface area contributed by atoms with E-state index >= 15 is 0 Å². The van der Waals surface area contributed by atoms with Crippen LogP contribution < -0.4 is 5.32 Å². The molecule has 2 saturated heterocycles. The van der Waals surface area contributed by atoms with Crippen LogP contribution in [-0.2, 0) is 19.8 Å². The highest BCUT2D eigenvalue weighted by molar-refractivity contribution is 7.86. The predicted molar refractivity (Wildman–Crippen MR) is 44.7 cm³/mol. The molecule has 5 nitrogen and oxygen atoms in total. The molecule has 14 heavy (non-hydrogen) atoms. The molecule has 0 radical (unpaired) electrons. The van der Waals surface area contributed by atoms with Gasteiger partial charge in [-0.3, -0.25) is 4.79 Å². The van der Waals surface area contributed by atoms with E-state index < -0.39 is 33.5 Å². The van der Waals surface area contributed by atoms with E-state index in [1.54, 1.807) is 0 Å². The number of hydrogen-bond acceptors (Lipinski definition) is 5. The highest BCUT2D eigenvalue weighted by Gasteiger charge is 2.54. The van der Waals surface area contributed by atoms with Gasteiger partial charge in [0.15, 0.2) is 0 Å². The Morgan fingerprint density at radius 3 is 2.64 bits per heavy atom. The Balaban J connectivity index is 2.14. The van der Waals surface area contributed by atoms with Gasteiger partial charge in [-0.1, -0.05) is 0 Å². The van der Waals surface area contributed by atoms with E-state index in [2.05, 4.69) is 5.32 Å². The average Bonchev–Trinajstić information content (AvgIpc) is 2.21. The lowest BCUT2D eigenvalue weighted by atomic mass is 9.76. The summed E-state index contributed by atoms with van der Waals surface area (Å²) in [6, 6.07) is 0. The van der Waals surface area contributed by atoms with Gasteiger partial charge < -0.3 is 10.1 Å². The number of cyclic esters (lactones) is 1. The summed E-state index contributed by atoms with van der Waals surface area (Å²) in [7, 11) is -4.58. The first kappa shape index (κ1) is 9.85. The Morgan fingerprint density at radius 1 is 1.57 bits per heavy atom. The van der Waals surface area contributed by atoms with Crippen LogP contribution >= 0.6 is 0 Å². The number of ether oxygens (including phenoxy) is 1. The third-order valence-electron chi connectivity index (χ3n) is 2.76. The van der Waals surface area contributed by atoms with Crippen LogP contribution in [0.5, 0.6) is 0 Å². The largest absolute Gasteiger partial charge is 0.460 e. The Morgan fingerprint density at radius 2 is 2.21 bits per heavy atom. The van der Waals surface area contributed by atoms with Gasteiger partial charge in [-0.15, -0.1) is 3.89 Å². The quantitative estimate of drug-likeness (QED) is 0.489. The monoisotopic (exact) mass is 223 g/mol. The van der Waals surface area contributed by atoms with Gasteiger partial charge in [0.05, 0.1) is 6.42 Å². The second-order valence-electron chi connectivity index (χ2n) is 3.83. The molecule has 1 spiro atoms. The van der Waals surface area contributed by atoms with Crippen LogP contribution in [0.3, 0.4) is 0 Å². The zero-order valence-electron chi connectivity index (χ0n) is 7.32. The number of nitrogens with one attached hydrogen (secondary N) is 1. The van der Waals surface area contributed by atoms with Crippen molar-refractivity contribution in [2.24, 2.45) is 5.41 Å². The molecule has 0 saturated carbocycles. The van der Waals surface area contributed by atoms with Gasteiger partial charge in [0.2, 0.25) is 0 Å². The third kappa shape index (κ3) is 1.61. The first-order chi connectivity index (χ1) is 6.41. The fourth-order valence-corrected chi connectivity index (χ4v) is 2.70. The SMILES string of the molecule is O=C1CC2(CNC2)C(CS(=O)(=O)F)O1. The number of carbonyl (C=O) groups excluding carboxylic acids is 1. The summed E-state index contributed by atoms with van der Waals surface area (Å²) in [5, 5.41) is 2.93. The Labute approximate surface area is 80.8 Å². The first-order valence-corrected chi connectivity index (χ1v) is 5.79. The van der Waals surface area contributed by atoms with E-state index in [1.165, 1.54) is 0 Å². The summed E-state index contributed by atoms with van der Waals surface area (Å²) in [6.45, 7) is 1.03. The highest BCUT2D eigenvalue weighted by atomic mass is 32.3. The van der Waals surface area contributed by atoms with E-state index in [9.17, 15) is 17.1 Å². The lowest BCUT2D eigenvalue weighted by Crippen LogP contribution is -2.59. The maximum atomic E-state index is 12.4. The molecule has 2 fully saturated rings. The topological polar surface area (TPSA) is 72.5 Å². The minimum Gasteiger partial charge on any atom is -0.460 e. The van der Waals surface area contributed by atoms with Crippen molar-refractivity contribution in [2.45, 2.75) is 12.5 Å². The van der Waals surface area contributed by atoms with Gasteiger partial charge in [0.1, 0.15) is 11.9 Å². The van der Waals surface area contributed by atoms with E-state index in [0.717, 1.165) is 0 Å².